The van der Waals surface area contributed by atoms with Crippen molar-refractivity contribution in [1.29, 1.82) is 0 Å². The second-order valence-corrected chi connectivity index (χ2v) is 5.04. The summed E-state index contributed by atoms with van der Waals surface area (Å²) in [6, 6.07) is 9.37. The molecule has 26 heavy (non-hydrogen) atoms. The van der Waals surface area contributed by atoms with E-state index >= 15 is 0 Å². The van der Waals surface area contributed by atoms with Gasteiger partial charge in [-0.25, -0.2) is 4.79 Å². The smallest absolute Gasteiger partial charge is 0.545 e. The molecule has 0 aliphatic rings. The molecule has 2 N–H and O–H groups in total. The minimum absolute atomic E-state index is 0. The Morgan fingerprint density at radius 2 is 1.62 bits per heavy atom. The number of hydrogen-bond acceptors (Lipinski definition) is 6. The van der Waals surface area contributed by atoms with Crippen LogP contribution in [0.25, 0.3) is 11.0 Å². The molecule has 9 heteroatoms. The van der Waals surface area contributed by atoms with Gasteiger partial charge in [-0.3, -0.25) is 20.1 Å². The molecule has 8 nitrogen and oxygen atoms in total. The predicted octanol–water partition coefficient (Wildman–Crippen LogP) is -2.04. The summed E-state index contributed by atoms with van der Waals surface area (Å²) < 4.78 is 0. The molecule has 0 fully saturated rings. The van der Waals surface area contributed by atoms with Gasteiger partial charge in [0, 0.05) is 23.6 Å². The number of nitrogens with one attached hydrogen (secondary N) is 2. The minimum atomic E-state index is -1.36. The average Bonchev–Trinajstić information content (AvgIpc) is 2.61. The van der Waals surface area contributed by atoms with Crippen LogP contribution in [0.1, 0.15) is 20.7 Å². The first-order valence-electron chi connectivity index (χ1n) is 7.17. The molecular formula is C17H11N4NaO4. The van der Waals surface area contributed by atoms with E-state index < -0.39 is 17.9 Å². The van der Waals surface area contributed by atoms with Crippen molar-refractivity contribution in [2.75, 3.05) is 5.32 Å². The van der Waals surface area contributed by atoms with Gasteiger partial charge in [-0.05, 0) is 35.9 Å². The van der Waals surface area contributed by atoms with Crippen LogP contribution in [0.15, 0.2) is 54.9 Å². The second kappa shape index (κ2) is 8.52. The topological polar surface area (TPSA) is 124 Å². The van der Waals surface area contributed by atoms with Gasteiger partial charge in [-0.1, -0.05) is 12.1 Å². The molecule has 0 aliphatic carbocycles. The average molecular weight is 358 g/mol. The first kappa shape index (κ1) is 19.5. The Balaban J connectivity index is 0.00000243. The van der Waals surface area contributed by atoms with Gasteiger partial charge >= 0.3 is 35.6 Å². The zero-order chi connectivity index (χ0) is 17.8. The summed E-state index contributed by atoms with van der Waals surface area (Å²) in [5.41, 5.74) is 1.53. The number of carboxylic acid groups (broad SMARTS) is 1. The van der Waals surface area contributed by atoms with Gasteiger partial charge in [-0.15, -0.1) is 0 Å². The van der Waals surface area contributed by atoms with E-state index in [1.807, 2.05) is 0 Å². The number of aromatic carboxylic acids is 1. The Bertz CT molecular complexity index is 993. The molecular weight excluding hydrogens is 347 g/mol. The third-order valence-electron chi connectivity index (χ3n) is 3.31. The number of imide groups is 1. The summed E-state index contributed by atoms with van der Waals surface area (Å²) in [4.78, 5) is 43.0. The van der Waals surface area contributed by atoms with Crippen molar-refractivity contribution in [1.82, 2.24) is 15.3 Å². The van der Waals surface area contributed by atoms with Crippen LogP contribution in [-0.2, 0) is 0 Å². The molecule has 3 aromatic rings. The van der Waals surface area contributed by atoms with E-state index in [1.54, 1.807) is 6.07 Å². The van der Waals surface area contributed by atoms with Gasteiger partial charge in [0.1, 0.15) is 0 Å². The number of carbonyl (C=O) groups excluding carboxylic acids is 3. The maximum atomic E-state index is 12.1. The first-order chi connectivity index (χ1) is 12.0. The largest absolute Gasteiger partial charge is 1.00 e. The van der Waals surface area contributed by atoms with E-state index in [0.717, 1.165) is 0 Å². The molecule has 0 saturated carbocycles. The van der Waals surface area contributed by atoms with Crippen LogP contribution in [-0.4, -0.2) is 27.9 Å². The van der Waals surface area contributed by atoms with Gasteiger partial charge in [0.05, 0.1) is 17.0 Å². The summed E-state index contributed by atoms with van der Waals surface area (Å²) in [5, 5.41) is 15.3. The minimum Gasteiger partial charge on any atom is -0.545 e. The molecule has 0 unspecified atom stereocenters. The molecule has 3 amide bonds. The van der Waals surface area contributed by atoms with Crippen molar-refractivity contribution < 1.29 is 49.0 Å². The molecule has 2 aromatic carbocycles. The quantitative estimate of drug-likeness (QED) is 0.520. The Labute approximate surface area is 169 Å². The summed E-state index contributed by atoms with van der Waals surface area (Å²) in [7, 11) is 0. The number of amides is 3. The number of aromatic nitrogens is 2. The monoisotopic (exact) mass is 358 g/mol. The Kier molecular flexibility index (Phi) is 6.40. The predicted molar refractivity (Wildman–Crippen MR) is 86.8 cm³/mol. The maximum absolute atomic E-state index is 12.1. The SMILES string of the molecule is O=C(NC(=O)c1ccc2nccnc2c1)Nc1cccc(C(=O)[O-])c1.[Na+]. The molecule has 0 spiro atoms. The van der Waals surface area contributed by atoms with Crippen LogP contribution in [0.5, 0.6) is 0 Å². The van der Waals surface area contributed by atoms with Crippen molar-refractivity contribution in [2.45, 2.75) is 0 Å². The summed E-state index contributed by atoms with van der Waals surface area (Å²) in [6.45, 7) is 0. The van der Waals surface area contributed by atoms with Gasteiger partial charge < -0.3 is 15.2 Å². The maximum Gasteiger partial charge on any atom is 1.00 e. The molecule has 3 rings (SSSR count). The van der Waals surface area contributed by atoms with Crippen LogP contribution < -0.4 is 45.3 Å². The molecule has 0 saturated heterocycles. The molecule has 0 atom stereocenters. The van der Waals surface area contributed by atoms with Crippen molar-refractivity contribution in [2.24, 2.45) is 0 Å². The number of rotatable bonds is 3. The molecule has 0 aliphatic heterocycles. The van der Waals surface area contributed by atoms with Crippen molar-refractivity contribution in [3.63, 3.8) is 0 Å². The van der Waals surface area contributed by atoms with Gasteiger partial charge in [0.2, 0.25) is 0 Å². The number of carbonyl (C=O) groups is 3. The third-order valence-corrected chi connectivity index (χ3v) is 3.31. The Morgan fingerprint density at radius 1 is 0.885 bits per heavy atom. The van der Waals surface area contributed by atoms with Crippen molar-refractivity contribution >= 4 is 34.6 Å². The Hall–Kier alpha value is -2.81. The summed E-state index contributed by atoms with van der Waals surface area (Å²) >= 11 is 0. The van der Waals surface area contributed by atoms with Crippen molar-refractivity contribution in [3.05, 3.63) is 66.0 Å². The van der Waals surface area contributed by atoms with E-state index in [1.165, 1.54) is 48.8 Å². The van der Waals surface area contributed by atoms with Crippen molar-refractivity contribution in [3.8, 4) is 0 Å². The van der Waals surface area contributed by atoms with Gasteiger partial charge in [0.15, 0.2) is 0 Å². The van der Waals surface area contributed by atoms with Gasteiger partial charge in [-0.2, -0.15) is 0 Å². The fourth-order valence-electron chi connectivity index (χ4n) is 2.17. The number of nitrogens with zero attached hydrogens (tertiary/aromatic N) is 2. The Morgan fingerprint density at radius 3 is 2.35 bits per heavy atom. The van der Waals surface area contributed by atoms with Crippen LogP contribution in [0, 0.1) is 0 Å². The first-order valence-corrected chi connectivity index (χ1v) is 7.17. The standard InChI is InChI=1S/C17H12N4O4.Na/c22-15(10-4-5-13-14(9-10)19-7-6-18-13)21-17(25)20-12-3-1-2-11(8-12)16(23)24;/h1-9H,(H,23,24)(H2,20,21,22,25);/q;+1/p-1. The van der Waals surface area contributed by atoms with E-state index in [2.05, 4.69) is 20.6 Å². The number of carboxylic acids is 1. The number of urea groups is 1. The zero-order valence-electron chi connectivity index (χ0n) is 13.7. The summed E-state index contributed by atoms with van der Waals surface area (Å²) in [5.74, 6) is -1.99. The van der Waals surface area contributed by atoms with E-state index in [-0.39, 0.29) is 46.4 Å². The van der Waals surface area contributed by atoms with E-state index in [4.69, 9.17) is 0 Å². The molecule has 0 bridgehead atoms. The van der Waals surface area contributed by atoms with Gasteiger partial charge in [0.25, 0.3) is 5.91 Å². The van der Waals surface area contributed by atoms with Crippen LogP contribution in [0.3, 0.4) is 0 Å². The van der Waals surface area contributed by atoms with E-state index in [9.17, 15) is 19.5 Å². The number of fused-ring (bicyclic) bond motifs is 1. The zero-order valence-corrected chi connectivity index (χ0v) is 15.7. The fourth-order valence-corrected chi connectivity index (χ4v) is 2.17. The summed E-state index contributed by atoms with van der Waals surface area (Å²) in [6.07, 6.45) is 3.04. The normalized spacial score (nSPS) is 9.85. The molecule has 1 heterocycles. The number of anilines is 1. The molecule has 0 radical (unpaired) electrons. The van der Waals surface area contributed by atoms with Crippen LogP contribution >= 0.6 is 0 Å². The number of benzene rings is 2. The third kappa shape index (κ3) is 4.63. The number of hydrogen-bond donors (Lipinski definition) is 2. The van der Waals surface area contributed by atoms with Crippen LogP contribution in [0.4, 0.5) is 10.5 Å². The van der Waals surface area contributed by atoms with Crippen LogP contribution in [0.2, 0.25) is 0 Å². The molecule has 124 valence electrons. The van der Waals surface area contributed by atoms with E-state index in [0.29, 0.717) is 11.0 Å². The second-order valence-electron chi connectivity index (χ2n) is 5.04. The molecule has 1 aromatic heterocycles. The fraction of sp³-hybridized carbons (Fsp3) is 0.